The van der Waals surface area contributed by atoms with Gasteiger partial charge in [-0.1, -0.05) is 0 Å². The number of likely N-dealkylation sites (tertiary alicyclic amines) is 1. The van der Waals surface area contributed by atoms with Gasteiger partial charge in [-0.25, -0.2) is 0 Å². The number of hydrogen-bond acceptors (Lipinski definition) is 5. The predicted octanol–water partition coefficient (Wildman–Crippen LogP) is 1.07. The van der Waals surface area contributed by atoms with E-state index in [9.17, 15) is 9.59 Å². The van der Waals surface area contributed by atoms with Crippen molar-refractivity contribution in [3.05, 3.63) is 0 Å². The van der Waals surface area contributed by atoms with E-state index in [0.29, 0.717) is 13.1 Å². The van der Waals surface area contributed by atoms with Crippen LogP contribution in [0.4, 0.5) is 0 Å². The number of carbonyl (C=O) groups is 2. The van der Waals surface area contributed by atoms with Crippen molar-refractivity contribution >= 4 is 11.9 Å². The molecule has 0 aromatic carbocycles. The molecule has 1 aliphatic heterocycles. The largest absolute Gasteiger partial charge is 0.469 e. The van der Waals surface area contributed by atoms with Gasteiger partial charge in [-0.15, -0.1) is 0 Å². The summed E-state index contributed by atoms with van der Waals surface area (Å²) in [6, 6.07) is 0. The summed E-state index contributed by atoms with van der Waals surface area (Å²) in [7, 11) is 2.82. The number of rotatable bonds is 4. The summed E-state index contributed by atoms with van der Waals surface area (Å²) in [4.78, 5) is 25.3. The highest BCUT2D eigenvalue weighted by Gasteiger charge is 2.34. The number of ether oxygens (including phenoxy) is 2. The number of piperidine rings is 1. The maximum absolute atomic E-state index is 11.6. The molecular weight excluding hydrogens is 234 g/mol. The lowest BCUT2D eigenvalue weighted by molar-refractivity contribution is -0.152. The molecule has 1 atom stereocenters. The van der Waals surface area contributed by atoms with E-state index in [0.717, 1.165) is 19.4 Å². The van der Waals surface area contributed by atoms with Crippen LogP contribution in [-0.2, 0) is 19.1 Å². The molecule has 5 nitrogen and oxygen atoms in total. The Balaban J connectivity index is 2.57. The summed E-state index contributed by atoms with van der Waals surface area (Å²) >= 11 is 0. The molecule has 0 aromatic heterocycles. The van der Waals surface area contributed by atoms with Gasteiger partial charge in [0, 0.05) is 13.1 Å². The quantitative estimate of drug-likeness (QED) is 0.705. The highest BCUT2D eigenvalue weighted by Crippen LogP contribution is 2.24. The lowest BCUT2D eigenvalue weighted by Gasteiger charge is -2.35. The Morgan fingerprint density at radius 3 is 2.50 bits per heavy atom. The van der Waals surface area contributed by atoms with E-state index in [1.165, 1.54) is 14.2 Å². The van der Waals surface area contributed by atoms with E-state index < -0.39 is 5.41 Å². The van der Waals surface area contributed by atoms with Gasteiger partial charge in [-0.05, 0) is 33.2 Å². The minimum atomic E-state index is -0.549. The molecule has 104 valence electrons. The summed E-state index contributed by atoms with van der Waals surface area (Å²) < 4.78 is 9.57. The first-order valence-corrected chi connectivity index (χ1v) is 6.29. The average Bonchev–Trinajstić information content (AvgIpc) is 2.36. The Morgan fingerprint density at radius 2 is 1.94 bits per heavy atom. The fourth-order valence-corrected chi connectivity index (χ4v) is 2.46. The minimum absolute atomic E-state index is 0.0720. The van der Waals surface area contributed by atoms with Crippen molar-refractivity contribution < 1.29 is 19.1 Å². The molecule has 0 amide bonds. The van der Waals surface area contributed by atoms with Gasteiger partial charge < -0.3 is 14.4 Å². The van der Waals surface area contributed by atoms with E-state index in [1.807, 2.05) is 13.8 Å². The van der Waals surface area contributed by atoms with Crippen LogP contribution in [0.15, 0.2) is 0 Å². The van der Waals surface area contributed by atoms with Crippen LogP contribution in [0.5, 0.6) is 0 Å². The molecule has 1 aliphatic rings. The molecule has 0 radical (unpaired) electrons. The molecule has 18 heavy (non-hydrogen) atoms. The topological polar surface area (TPSA) is 55.8 Å². The smallest absolute Gasteiger partial charge is 0.312 e. The first-order valence-electron chi connectivity index (χ1n) is 6.29. The van der Waals surface area contributed by atoms with Crippen LogP contribution in [-0.4, -0.2) is 50.7 Å². The molecule has 0 bridgehead atoms. The summed E-state index contributed by atoms with van der Waals surface area (Å²) in [5.41, 5.74) is -0.549. The van der Waals surface area contributed by atoms with E-state index >= 15 is 0 Å². The Labute approximate surface area is 108 Å². The van der Waals surface area contributed by atoms with Crippen molar-refractivity contribution in [2.24, 2.45) is 11.3 Å². The molecule has 0 spiro atoms. The van der Waals surface area contributed by atoms with E-state index in [1.54, 1.807) is 0 Å². The van der Waals surface area contributed by atoms with Crippen LogP contribution in [0.25, 0.3) is 0 Å². The number of esters is 2. The fraction of sp³-hybridized carbons (Fsp3) is 0.846. The molecule has 1 rings (SSSR count). The number of hydrogen-bond donors (Lipinski definition) is 0. The molecule has 1 heterocycles. The molecule has 0 aliphatic carbocycles. The molecule has 1 fully saturated rings. The van der Waals surface area contributed by atoms with Crippen LogP contribution < -0.4 is 0 Å². The number of carbonyl (C=O) groups excluding carboxylic acids is 2. The van der Waals surface area contributed by atoms with Crippen LogP contribution in [0.1, 0.15) is 26.7 Å². The fourth-order valence-electron chi connectivity index (χ4n) is 2.46. The van der Waals surface area contributed by atoms with Gasteiger partial charge in [0.05, 0.1) is 25.6 Å². The second-order valence-electron chi connectivity index (χ2n) is 5.47. The Bertz CT molecular complexity index is 314. The predicted molar refractivity (Wildman–Crippen MR) is 67.0 cm³/mol. The number of nitrogens with zero attached hydrogens (tertiary/aromatic N) is 1. The highest BCUT2D eigenvalue weighted by atomic mass is 16.5. The van der Waals surface area contributed by atoms with Crippen LogP contribution in [0.2, 0.25) is 0 Å². The van der Waals surface area contributed by atoms with Gasteiger partial charge in [0.25, 0.3) is 0 Å². The summed E-state index contributed by atoms with van der Waals surface area (Å²) in [5.74, 6) is -0.449. The van der Waals surface area contributed by atoms with Crippen LogP contribution in [0, 0.1) is 11.3 Å². The third-order valence-corrected chi connectivity index (χ3v) is 3.40. The third-order valence-electron chi connectivity index (χ3n) is 3.40. The monoisotopic (exact) mass is 257 g/mol. The van der Waals surface area contributed by atoms with Crippen molar-refractivity contribution in [3.8, 4) is 0 Å². The van der Waals surface area contributed by atoms with Crippen molar-refractivity contribution in [2.75, 3.05) is 33.9 Å². The van der Waals surface area contributed by atoms with Crippen molar-refractivity contribution in [2.45, 2.75) is 26.7 Å². The second-order valence-corrected chi connectivity index (χ2v) is 5.47. The standard InChI is InChI=1S/C13H23NO4/c1-13(2,12(16)18-4)9-14-7-5-6-10(8-14)11(15)17-3/h10H,5-9H2,1-4H3/t10-/m0/s1. The van der Waals surface area contributed by atoms with Gasteiger partial charge in [-0.2, -0.15) is 0 Å². The van der Waals surface area contributed by atoms with Crippen LogP contribution in [0.3, 0.4) is 0 Å². The summed E-state index contributed by atoms with van der Waals surface area (Å²) in [5, 5.41) is 0. The first-order chi connectivity index (χ1) is 8.40. The lowest BCUT2D eigenvalue weighted by Crippen LogP contribution is -2.46. The SMILES string of the molecule is COC(=O)[C@H]1CCCN(CC(C)(C)C(=O)OC)C1. The summed E-state index contributed by atoms with van der Waals surface area (Å²) in [6.45, 7) is 5.90. The summed E-state index contributed by atoms with van der Waals surface area (Å²) in [6.07, 6.45) is 1.82. The van der Waals surface area contributed by atoms with Gasteiger partial charge in [0.2, 0.25) is 0 Å². The maximum Gasteiger partial charge on any atom is 0.312 e. The second kappa shape index (κ2) is 6.18. The molecule has 0 aromatic rings. The Kier molecular flexibility index (Phi) is 5.14. The van der Waals surface area contributed by atoms with E-state index in [2.05, 4.69) is 4.90 Å². The van der Waals surface area contributed by atoms with Crippen molar-refractivity contribution in [3.63, 3.8) is 0 Å². The minimum Gasteiger partial charge on any atom is -0.469 e. The zero-order valence-corrected chi connectivity index (χ0v) is 11.7. The van der Waals surface area contributed by atoms with Gasteiger partial charge in [0.1, 0.15) is 0 Å². The molecule has 1 saturated heterocycles. The van der Waals surface area contributed by atoms with Gasteiger partial charge >= 0.3 is 11.9 Å². The molecule has 5 heteroatoms. The first kappa shape index (κ1) is 15.0. The van der Waals surface area contributed by atoms with Gasteiger partial charge in [-0.3, -0.25) is 9.59 Å². The van der Waals surface area contributed by atoms with E-state index in [-0.39, 0.29) is 17.9 Å². The molecular formula is C13H23NO4. The van der Waals surface area contributed by atoms with Gasteiger partial charge in [0.15, 0.2) is 0 Å². The molecule has 0 unspecified atom stereocenters. The highest BCUT2D eigenvalue weighted by molar-refractivity contribution is 5.76. The molecule has 0 saturated carbocycles. The average molecular weight is 257 g/mol. The number of methoxy groups -OCH3 is 2. The molecule has 0 N–H and O–H groups in total. The Morgan fingerprint density at radius 1 is 1.28 bits per heavy atom. The van der Waals surface area contributed by atoms with Crippen LogP contribution >= 0.6 is 0 Å². The van der Waals surface area contributed by atoms with E-state index in [4.69, 9.17) is 9.47 Å². The van der Waals surface area contributed by atoms with Crippen molar-refractivity contribution in [1.82, 2.24) is 4.90 Å². The van der Waals surface area contributed by atoms with Crippen molar-refractivity contribution in [1.29, 1.82) is 0 Å². The zero-order valence-electron chi connectivity index (χ0n) is 11.7. The lowest BCUT2D eigenvalue weighted by atomic mass is 9.90. The third kappa shape index (κ3) is 3.70. The Hall–Kier alpha value is -1.10. The maximum atomic E-state index is 11.6. The normalized spacial score (nSPS) is 21.4. The zero-order chi connectivity index (χ0) is 13.8.